The molecule has 1 aromatic heterocycles. The zero-order valence-electron chi connectivity index (χ0n) is 11.7. The van der Waals surface area contributed by atoms with E-state index in [0.717, 1.165) is 11.8 Å². The van der Waals surface area contributed by atoms with E-state index in [1.807, 2.05) is 0 Å². The third-order valence-corrected chi connectivity index (χ3v) is 3.35. The number of nitrogens with one attached hydrogen (secondary N) is 1. The summed E-state index contributed by atoms with van der Waals surface area (Å²) in [4.78, 5) is 15.3. The number of rotatable bonds is 6. The Morgan fingerprint density at radius 3 is 2.77 bits per heavy atom. The molecule has 0 radical (unpaired) electrons. The van der Waals surface area contributed by atoms with Gasteiger partial charge in [0.25, 0.3) is 0 Å². The Kier molecular flexibility index (Phi) is 5.22. The van der Waals surface area contributed by atoms with Gasteiger partial charge in [-0.05, 0) is 42.5 Å². The van der Waals surface area contributed by atoms with Gasteiger partial charge in [0.15, 0.2) is 0 Å². The number of benzene rings is 1. The van der Waals surface area contributed by atoms with Crippen molar-refractivity contribution in [3.63, 3.8) is 0 Å². The number of thioether (sulfide) groups is 1. The molecule has 112 valence electrons. The van der Waals surface area contributed by atoms with E-state index in [2.05, 4.69) is 21.1 Å². The molecule has 0 aliphatic carbocycles. The fraction of sp³-hybridized carbons (Fsp3) is 0.133. The molecule has 0 spiro atoms. The van der Waals surface area contributed by atoms with Crippen molar-refractivity contribution in [2.45, 2.75) is 12.1 Å². The number of terminal acetylenes is 1. The number of ether oxygens (including phenoxy) is 1. The van der Waals surface area contributed by atoms with E-state index in [9.17, 15) is 9.90 Å². The number of carboxylic acid groups (broad SMARTS) is 1. The maximum absolute atomic E-state index is 11.2. The Morgan fingerprint density at radius 1 is 1.50 bits per heavy atom. The van der Waals surface area contributed by atoms with Crippen LogP contribution >= 0.6 is 11.8 Å². The maximum atomic E-state index is 11.2. The van der Waals surface area contributed by atoms with Gasteiger partial charge in [0, 0.05) is 4.91 Å². The molecule has 0 aliphatic rings. The first-order valence-electron chi connectivity index (χ1n) is 6.24. The van der Waals surface area contributed by atoms with Crippen LogP contribution in [-0.2, 0) is 4.79 Å². The smallest absolute Gasteiger partial charge is 0.213 e. The molecule has 7 heteroatoms. The fourth-order valence-corrected chi connectivity index (χ4v) is 2.28. The van der Waals surface area contributed by atoms with E-state index in [0.29, 0.717) is 22.3 Å². The second kappa shape index (κ2) is 7.33. The number of carboxylic acids is 1. The molecule has 0 atom stereocenters. The lowest BCUT2D eigenvalue weighted by Gasteiger charge is -2.06. The minimum absolute atomic E-state index is 0.0105. The van der Waals surface area contributed by atoms with Gasteiger partial charge in [0.1, 0.15) is 18.2 Å². The molecule has 22 heavy (non-hydrogen) atoms. The van der Waals surface area contributed by atoms with Gasteiger partial charge in [0.05, 0.1) is 5.97 Å². The van der Waals surface area contributed by atoms with Gasteiger partial charge < -0.3 is 14.6 Å². The average Bonchev–Trinajstić information content (AvgIpc) is 2.91. The predicted octanol–water partition coefficient (Wildman–Crippen LogP) is 1.01. The van der Waals surface area contributed by atoms with Crippen molar-refractivity contribution >= 4 is 23.8 Å². The van der Waals surface area contributed by atoms with Crippen molar-refractivity contribution in [3.8, 4) is 18.1 Å². The average molecular weight is 314 g/mol. The number of aromatic nitrogens is 3. The number of hydrogen-bond acceptors (Lipinski definition) is 6. The van der Waals surface area contributed by atoms with Crippen LogP contribution in [0.4, 0.5) is 0 Å². The van der Waals surface area contributed by atoms with Crippen LogP contribution in [-0.4, -0.2) is 27.8 Å². The number of carbonyl (C=O) groups is 1. The molecule has 2 aromatic rings. The van der Waals surface area contributed by atoms with Gasteiger partial charge in [-0.1, -0.05) is 18.1 Å². The molecule has 2 rings (SSSR count). The Hall–Kier alpha value is -2.72. The highest BCUT2D eigenvalue weighted by atomic mass is 32.2. The summed E-state index contributed by atoms with van der Waals surface area (Å²) in [6.45, 7) is 1.91. The lowest BCUT2D eigenvalue weighted by Crippen LogP contribution is -2.23. The number of nitrogens with zero attached hydrogens (tertiary/aromatic N) is 2. The first kappa shape index (κ1) is 15.7. The zero-order valence-corrected chi connectivity index (χ0v) is 12.5. The summed E-state index contributed by atoms with van der Waals surface area (Å²) in [5, 5.41) is 18.1. The molecule has 1 heterocycles. The van der Waals surface area contributed by atoms with Crippen LogP contribution in [0.2, 0.25) is 0 Å². The molecule has 1 aromatic carbocycles. The Balaban J connectivity index is 2.15. The summed E-state index contributed by atoms with van der Waals surface area (Å²) in [6, 6.07) is 6.85. The summed E-state index contributed by atoms with van der Waals surface area (Å²) in [5.41, 5.74) is 0.687. The van der Waals surface area contributed by atoms with Crippen LogP contribution < -0.4 is 9.84 Å². The molecular formula is C15H12N3O3S-. The molecule has 0 aliphatic heterocycles. The maximum Gasteiger partial charge on any atom is 0.213 e. The second-order valence-electron chi connectivity index (χ2n) is 4.16. The number of aliphatic carboxylic acids is 1. The van der Waals surface area contributed by atoms with E-state index in [4.69, 9.17) is 11.2 Å². The topological polar surface area (TPSA) is 90.9 Å². The highest BCUT2D eigenvalue weighted by molar-refractivity contribution is 8.04. The first-order chi connectivity index (χ1) is 10.6. The van der Waals surface area contributed by atoms with Crippen LogP contribution in [0.15, 0.2) is 34.3 Å². The first-order valence-corrected chi connectivity index (χ1v) is 7.06. The van der Waals surface area contributed by atoms with E-state index >= 15 is 0 Å². The van der Waals surface area contributed by atoms with E-state index in [1.54, 1.807) is 31.2 Å². The fourth-order valence-electron chi connectivity index (χ4n) is 1.53. The van der Waals surface area contributed by atoms with Gasteiger partial charge in [-0.2, -0.15) is 0 Å². The Morgan fingerprint density at radius 2 is 2.23 bits per heavy atom. The Bertz CT molecular complexity index is 729. The van der Waals surface area contributed by atoms with Crippen molar-refractivity contribution in [2.75, 3.05) is 6.61 Å². The molecule has 1 N–H and O–H groups in total. The number of aryl methyl sites for hydroxylation is 1. The molecule has 0 amide bonds. The van der Waals surface area contributed by atoms with E-state index in [1.165, 1.54) is 6.08 Å². The second-order valence-corrected chi connectivity index (χ2v) is 5.17. The van der Waals surface area contributed by atoms with Crippen LogP contribution in [0.1, 0.15) is 11.4 Å². The van der Waals surface area contributed by atoms with Crippen molar-refractivity contribution in [2.24, 2.45) is 0 Å². The third-order valence-electron chi connectivity index (χ3n) is 2.48. The molecule has 0 saturated heterocycles. The summed E-state index contributed by atoms with van der Waals surface area (Å²) < 4.78 is 5.25. The minimum Gasteiger partial charge on any atom is -0.544 e. The van der Waals surface area contributed by atoms with Crippen LogP contribution in [0.5, 0.6) is 5.75 Å². The standard InChI is InChI=1S/C15H13N3O3S/c1-3-8-21-12-6-4-11(5-7-12)9-13(14(19)20)22-15-16-10(2)17-18-15/h1,4-7,9H,8H2,2H3,(H,19,20)(H,16,17,18)/p-1/b13-9-. The molecule has 0 unspecified atom stereocenters. The van der Waals surface area contributed by atoms with Gasteiger partial charge in [-0.3, -0.25) is 5.10 Å². The van der Waals surface area contributed by atoms with Gasteiger partial charge >= 0.3 is 0 Å². The summed E-state index contributed by atoms with van der Waals surface area (Å²) >= 11 is 0.918. The van der Waals surface area contributed by atoms with Crippen molar-refractivity contribution in [1.82, 2.24) is 15.2 Å². The van der Waals surface area contributed by atoms with Crippen molar-refractivity contribution in [3.05, 3.63) is 40.6 Å². The Labute approximate surface area is 131 Å². The summed E-state index contributed by atoms with van der Waals surface area (Å²) in [6.07, 6.45) is 6.59. The molecule has 0 bridgehead atoms. The van der Waals surface area contributed by atoms with Crippen molar-refractivity contribution < 1.29 is 14.6 Å². The molecule has 0 fully saturated rings. The molecule has 6 nitrogen and oxygen atoms in total. The SMILES string of the molecule is C#CCOc1ccc(/C=C(\Sc2n[nH]c(C)n2)C(=O)[O-])cc1. The van der Waals surface area contributed by atoms with Crippen LogP contribution in [0.25, 0.3) is 6.08 Å². The number of hydrogen-bond donors (Lipinski definition) is 1. The summed E-state index contributed by atoms with van der Waals surface area (Å²) in [7, 11) is 0. The number of H-pyrrole nitrogens is 1. The lowest BCUT2D eigenvalue weighted by molar-refractivity contribution is -0.297. The van der Waals surface area contributed by atoms with E-state index < -0.39 is 5.97 Å². The number of carbonyl (C=O) groups excluding carboxylic acids is 1. The van der Waals surface area contributed by atoms with Gasteiger partial charge in [0.2, 0.25) is 5.16 Å². The lowest BCUT2D eigenvalue weighted by atomic mass is 10.2. The highest BCUT2D eigenvalue weighted by Gasteiger charge is 2.07. The van der Waals surface area contributed by atoms with Crippen LogP contribution in [0.3, 0.4) is 0 Å². The monoisotopic (exact) mass is 314 g/mol. The third kappa shape index (κ3) is 4.40. The van der Waals surface area contributed by atoms with E-state index in [-0.39, 0.29) is 11.5 Å². The van der Waals surface area contributed by atoms with Gasteiger partial charge in [-0.15, -0.1) is 11.5 Å². The minimum atomic E-state index is -1.29. The predicted molar refractivity (Wildman–Crippen MR) is 80.7 cm³/mol. The quantitative estimate of drug-likeness (QED) is 0.486. The normalized spacial score (nSPS) is 11.0. The molecular weight excluding hydrogens is 302 g/mol. The zero-order chi connectivity index (χ0) is 15.9. The largest absolute Gasteiger partial charge is 0.544 e. The summed E-state index contributed by atoms with van der Waals surface area (Å²) in [5.74, 6) is 2.30. The number of aromatic amines is 1. The highest BCUT2D eigenvalue weighted by Crippen LogP contribution is 2.25. The van der Waals surface area contributed by atoms with Crippen LogP contribution in [0, 0.1) is 19.3 Å². The van der Waals surface area contributed by atoms with Gasteiger partial charge in [-0.25, -0.2) is 4.98 Å². The molecule has 0 saturated carbocycles. The van der Waals surface area contributed by atoms with Crippen molar-refractivity contribution in [1.29, 1.82) is 0 Å².